The summed E-state index contributed by atoms with van der Waals surface area (Å²) in [6.45, 7) is 1.36. The Bertz CT molecular complexity index is 923. The summed E-state index contributed by atoms with van der Waals surface area (Å²) < 4.78 is 0. The minimum Gasteiger partial charge on any atom is -0.378 e. The third-order valence-corrected chi connectivity index (χ3v) is 5.93. The molecule has 1 saturated heterocycles. The van der Waals surface area contributed by atoms with Gasteiger partial charge in [-0.3, -0.25) is 9.59 Å². The molecule has 0 aliphatic carbocycles. The molecule has 0 unspecified atom stereocenters. The smallest absolute Gasteiger partial charge is 0.251 e. The molecule has 2 aromatic carbocycles. The fraction of sp³-hybridized carbons (Fsp3) is 0.391. The van der Waals surface area contributed by atoms with Crippen molar-refractivity contribution in [1.82, 2.24) is 5.32 Å². The van der Waals surface area contributed by atoms with Crippen molar-refractivity contribution in [2.24, 2.45) is 0 Å². The minimum atomic E-state index is -0.133. The van der Waals surface area contributed by atoms with E-state index in [4.69, 9.17) is 0 Å². The molecule has 1 fully saturated rings. The molecule has 6 heteroatoms. The van der Waals surface area contributed by atoms with E-state index in [1.165, 1.54) is 0 Å². The highest BCUT2D eigenvalue weighted by Crippen LogP contribution is 2.39. The topological polar surface area (TPSA) is 55.9 Å². The predicted molar refractivity (Wildman–Crippen MR) is 117 cm³/mol. The molecule has 1 N–H and O–H groups in total. The number of likely N-dealkylation sites (N-methyl/N-ethyl adjacent to an activating group) is 1. The van der Waals surface area contributed by atoms with Crippen LogP contribution < -0.4 is 20.0 Å². The van der Waals surface area contributed by atoms with E-state index < -0.39 is 0 Å². The third-order valence-electron chi connectivity index (χ3n) is 5.93. The first-order valence-electron chi connectivity index (χ1n) is 10.2. The van der Waals surface area contributed by atoms with E-state index in [0.29, 0.717) is 12.1 Å². The van der Waals surface area contributed by atoms with Crippen molar-refractivity contribution < 1.29 is 9.59 Å². The van der Waals surface area contributed by atoms with Gasteiger partial charge in [-0.2, -0.15) is 0 Å². The number of nitrogens with one attached hydrogen (secondary N) is 1. The lowest BCUT2D eigenvalue weighted by Crippen LogP contribution is -2.54. The van der Waals surface area contributed by atoms with Crippen molar-refractivity contribution in [2.75, 3.05) is 42.4 Å². The number of carbonyl (C=O) groups excluding carboxylic acids is 2. The first-order chi connectivity index (χ1) is 14.0. The molecule has 29 heavy (non-hydrogen) atoms. The van der Waals surface area contributed by atoms with E-state index in [1.807, 2.05) is 61.5 Å². The summed E-state index contributed by atoms with van der Waals surface area (Å²) in [5.74, 6) is -0.0122. The van der Waals surface area contributed by atoms with Gasteiger partial charge in [0.1, 0.15) is 6.04 Å². The number of hydrogen-bond donors (Lipinski definition) is 1. The molecule has 2 aliphatic heterocycles. The first kappa shape index (κ1) is 19.3. The summed E-state index contributed by atoms with van der Waals surface area (Å²) in [4.78, 5) is 31.4. The first-order valence-corrected chi connectivity index (χ1v) is 10.2. The van der Waals surface area contributed by atoms with Crippen LogP contribution in [0.2, 0.25) is 0 Å². The molecule has 2 aliphatic rings. The molecule has 0 bridgehead atoms. The van der Waals surface area contributed by atoms with Crippen LogP contribution in [0.3, 0.4) is 0 Å². The number of rotatable bonds is 4. The fourth-order valence-corrected chi connectivity index (χ4v) is 4.19. The number of carbonyl (C=O) groups is 2. The summed E-state index contributed by atoms with van der Waals surface area (Å²) in [5.41, 5.74) is 4.61. The normalized spacial score (nSPS) is 18.2. The molecule has 0 saturated carbocycles. The van der Waals surface area contributed by atoms with Crippen LogP contribution in [0.1, 0.15) is 35.2 Å². The van der Waals surface area contributed by atoms with E-state index >= 15 is 0 Å². The molecule has 6 nitrogen and oxygen atoms in total. The highest BCUT2D eigenvalue weighted by atomic mass is 16.2. The van der Waals surface area contributed by atoms with Gasteiger partial charge in [0.05, 0.1) is 11.4 Å². The zero-order valence-electron chi connectivity index (χ0n) is 17.3. The van der Waals surface area contributed by atoms with E-state index in [2.05, 4.69) is 10.2 Å². The van der Waals surface area contributed by atoms with E-state index in [0.717, 1.165) is 48.4 Å². The molecule has 0 radical (unpaired) electrons. The minimum absolute atomic E-state index is 0.0638. The van der Waals surface area contributed by atoms with Crippen LogP contribution in [0.5, 0.6) is 0 Å². The maximum atomic E-state index is 12.8. The Balaban J connectivity index is 1.49. The Morgan fingerprint density at radius 3 is 2.59 bits per heavy atom. The average molecular weight is 393 g/mol. The Kier molecular flexibility index (Phi) is 5.18. The number of piperidine rings is 1. The molecular weight excluding hydrogens is 364 g/mol. The average Bonchev–Trinajstić information content (AvgIpc) is 2.75. The molecule has 0 aromatic heterocycles. The number of hydrogen-bond acceptors (Lipinski definition) is 4. The molecule has 0 spiro atoms. The van der Waals surface area contributed by atoms with Crippen molar-refractivity contribution >= 4 is 28.9 Å². The van der Waals surface area contributed by atoms with Gasteiger partial charge in [-0.1, -0.05) is 12.1 Å². The number of anilines is 3. The number of benzene rings is 2. The highest BCUT2D eigenvalue weighted by Gasteiger charge is 2.37. The maximum absolute atomic E-state index is 12.8. The van der Waals surface area contributed by atoms with Gasteiger partial charge in [0, 0.05) is 45.5 Å². The van der Waals surface area contributed by atoms with Gasteiger partial charge >= 0.3 is 0 Å². The largest absolute Gasteiger partial charge is 0.378 e. The summed E-state index contributed by atoms with van der Waals surface area (Å²) in [7, 11) is 5.81. The Morgan fingerprint density at radius 1 is 1.10 bits per heavy atom. The second kappa shape index (κ2) is 7.78. The van der Waals surface area contributed by atoms with Crippen LogP contribution in [0.15, 0.2) is 42.5 Å². The van der Waals surface area contributed by atoms with E-state index in [1.54, 1.807) is 11.9 Å². The lowest BCUT2D eigenvalue weighted by molar-refractivity contribution is -0.120. The molecular formula is C23H28N4O2. The summed E-state index contributed by atoms with van der Waals surface area (Å²) >= 11 is 0. The molecule has 4 rings (SSSR count). The van der Waals surface area contributed by atoms with Crippen molar-refractivity contribution in [3.63, 3.8) is 0 Å². The Morgan fingerprint density at radius 2 is 1.86 bits per heavy atom. The summed E-state index contributed by atoms with van der Waals surface area (Å²) in [6.07, 6.45) is 3.09. The van der Waals surface area contributed by atoms with Crippen molar-refractivity contribution in [2.45, 2.75) is 31.8 Å². The molecule has 2 amide bonds. The van der Waals surface area contributed by atoms with Crippen LogP contribution >= 0.6 is 0 Å². The quantitative estimate of drug-likeness (QED) is 0.869. The molecule has 2 heterocycles. The van der Waals surface area contributed by atoms with Crippen LogP contribution in [0.25, 0.3) is 0 Å². The van der Waals surface area contributed by atoms with Gasteiger partial charge in [0.2, 0.25) is 5.91 Å². The zero-order chi connectivity index (χ0) is 20.5. The molecule has 152 valence electrons. The second-order valence-electron chi connectivity index (χ2n) is 8.05. The van der Waals surface area contributed by atoms with Crippen LogP contribution in [0.4, 0.5) is 17.1 Å². The number of amides is 2. The van der Waals surface area contributed by atoms with E-state index in [-0.39, 0.29) is 17.9 Å². The van der Waals surface area contributed by atoms with Crippen molar-refractivity contribution in [1.29, 1.82) is 0 Å². The van der Waals surface area contributed by atoms with E-state index in [9.17, 15) is 9.59 Å². The van der Waals surface area contributed by atoms with Gasteiger partial charge in [-0.25, -0.2) is 0 Å². The Labute approximate surface area is 172 Å². The lowest BCUT2D eigenvalue weighted by atomic mass is 9.96. The highest BCUT2D eigenvalue weighted by molar-refractivity contribution is 6.07. The van der Waals surface area contributed by atoms with Crippen LogP contribution in [-0.2, 0) is 11.3 Å². The van der Waals surface area contributed by atoms with Crippen molar-refractivity contribution in [3.8, 4) is 0 Å². The standard InChI is InChI=1S/C23H28N4O2/c1-25(2)18-10-7-16(8-11-18)15-24-22(28)17-9-12-19-21(14-17)26(3)23(29)20-6-4-5-13-27(19)20/h7-12,14,20H,4-6,13,15H2,1-3H3,(H,24,28)/t20-/m1/s1. The van der Waals surface area contributed by atoms with Gasteiger partial charge in [-0.15, -0.1) is 0 Å². The fourth-order valence-electron chi connectivity index (χ4n) is 4.19. The summed E-state index contributed by atoms with van der Waals surface area (Å²) in [6, 6.07) is 13.7. The van der Waals surface area contributed by atoms with Gasteiger partial charge in [0.25, 0.3) is 5.91 Å². The maximum Gasteiger partial charge on any atom is 0.251 e. The van der Waals surface area contributed by atoms with Crippen LogP contribution in [-0.4, -0.2) is 45.5 Å². The summed E-state index contributed by atoms with van der Waals surface area (Å²) in [5, 5.41) is 2.98. The Hall–Kier alpha value is -3.02. The number of fused-ring (bicyclic) bond motifs is 3. The number of nitrogens with zero attached hydrogens (tertiary/aromatic N) is 3. The lowest BCUT2D eigenvalue weighted by Gasteiger charge is -2.44. The van der Waals surface area contributed by atoms with Crippen LogP contribution in [0, 0.1) is 0 Å². The second-order valence-corrected chi connectivity index (χ2v) is 8.05. The van der Waals surface area contributed by atoms with Crippen molar-refractivity contribution in [3.05, 3.63) is 53.6 Å². The monoisotopic (exact) mass is 392 g/mol. The predicted octanol–water partition coefficient (Wildman–Crippen LogP) is 3.02. The molecule has 2 aromatic rings. The van der Waals surface area contributed by atoms with Gasteiger partial charge in [0.15, 0.2) is 0 Å². The third kappa shape index (κ3) is 3.67. The van der Waals surface area contributed by atoms with Gasteiger partial charge in [-0.05, 0) is 55.2 Å². The zero-order valence-corrected chi connectivity index (χ0v) is 17.3. The van der Waals surface area contributed by atoms with Gasteiger partial charge < -0.3 is 20.0 Å². The SMILES string of the molecule is CN(C)c1ccc(CNC(=O)c2ccc3c(c2)N(C)C(=O)[C@H]2CCCCN32)cc1. The molecule has 1 atom stereocenters.